The molecule has 4 N–H and O–H groups in total. The first kappa shape index (κ1) is 14.2. The van der Waals surface area contributed by atoms with E-state index in [1.54, 1.807) is 0 Å². The molecule has 2 heterocycles. The highest BCUT2D eigenvalue weighted by atomic mass is 16.5. The van der Waals surface area contributed by atoms with Crippen LogP contribution in [0.15, 0.2) is 6.07 Å². The minimum Gasteiger partial charge on any atom is -0.371 e. The van der Waals surface area contributed by atoms with Crippen molar-refractivity contribution in [3.63, 3.8) is 0 Å². The van der Waals surface area contributed by atoms with Crippen LogP contribution in [0, 0.1) is 0 Å². The molecule has 1 aromatic heterocycles. The molecular formula is C16H25N5O. The van der Waals surface area contributed by atoms with Crippen LogP contribution in [0.1, 0.15) is 50.1 Å². The lowest BCUT2D eigenvalue weighted by atomic mass is 9.78. The van der Waals surface area contributed by atoms with Gasteiger partial charge >= 0.3 is 0 Å². The van der Waals surface area contributed by atoms with Gasteiger partial charge in [0.05, 0.1) is 17.9 Å². The molecule has 0 unspecified atom stereocenters. The van der Waals surface area contributed by atoms with Crippen molar-refractivity contribution in [2.75, 3.05) is 30.3 Å². The number of nitrogen functional groups attached to an aromatic ring is 1. The Morgan fingerprint density at radius 3 is 2.73 bits per heavy atom. The predicted octanol–water partition coefficient (Wildman–Crippen LogP) is 1.41. The standard InChI is InChI=1S/C16H25N5O/c17-12-7-11(8-12)13-9-14(20-15(18)19-13)21-5-6-22-16(10-21)3-1-2-4-16/h9,11-12H,1-8,10,17H2,(H2,18,19,20). The molecule has 0 atom stereocenters. The largest absolute Gasteiger partial charge is 0.371 e. The number of nitrogens with zero attached hydrogens (tertiary/aromatic N) is 3. The van der Waals surface area contributed by atoms with E-state index in [0.717, 1.165) is 56.9 Å². The molecule has 6 heteroatoms. The van der Waals surface area contributed by atoms with Crippen molar-refractivity contribution in [1.29, 1.82) is 0 Å². The van der Waals surface area contributed by atoms with Crippen molar-refractivity contribution < 1.29 is 4.74 Å². The monoisotopic (exact) mass is 303 g/mol. The molecule has 1 spiro atoms. The van der Waals surface area contributed by atoms with Crippen molar-refractivity contribution in [3.8, 4) is 0 Å². The number of morpholine rings is 1. The van der Waals surface area contributed by atoms with Gasteiger partial charge in [0, 0.05) is 31.1 Å². The number of rotatable bonds is 2. The van der Waals surface area contributed by atoms with Crippen molar-refractivity contribution in [2.24, 2.45) is 5.73 Å². The third kappa shape index (κ3) is 2.54. The van der Waals surface area contributed by atoms with Crippen LogP contribution < -0.4 is 16.4 Å². The van der Waals surface area contributed by atoms with E-state index in [1.165, 1.54) is 12.8 Å². The SMILES string of the molecule is Nc1nc(C2CC(N)C2)cc(N2CCOC3(CCCC3)C2)n1. The molecule has 1 aromatic rings. The van der Waals surface area contributed by atoms with Crippen molar-refractivity contribution in [1.82, 2.24) is 9.97 Å². The lowest BCUT2D eigenvalue weighted by Crippen LogP contribution is -2.50. The first-order valence-electron chi connectivity index (χ1n) is 8.42. The summed E-state index contributed by atoms with van der Waals surface area (Å²) in [6.45, 7) is 2.57. The van der Waals surface area contributed by atoms with Crippen molar-refractivity contribution in [2.45, 2.75) is 56.1 Å². The fourth-order valence-electron chi connectivity index (χ4n) is 4.11. The maximum atomic E-state index is 6.10. The van der Waals surface area contributed by atoms with Gasteiger partial charge in [0.2, 0.25) is 5.95 Å². The van der Waals surface area contributed by atoms with Gasteiger partial charge < -0.3 is 21.1 Å². The second-order valence-corrected chi connectivity index (χ2v) is 7.10. The molecule has 0 amide bonds. The Bertz CT molecular complexity index is 551. The normalized spacial score (nSPS) is 30.5. The molecule has 1 saturated heterocycles. The molecule has 0 aromatic carbocycles. The van der Waals surface area contributed by atoms with Gasteiger partial charge in [0.1, 0.15) is 5.82 Å². The molecule has 4 rings (SSSR count). The van der Waals surface area contributed by atoms with E-state index in [9.17, 15) is 0 Å². The quantitative estimate of drug-likeness (QED) is 0.858. The second kappa shape index (κ2) is 5.35. The molecule has 3 aliphatic rings. The number of hydrogen-bond donors (Lipinski definition) is 2. The van der Waals surface area contributed by atoms with E-state index in [4.69, 9.17) is 16.2 Å². The van der Waals surface area contributed by atoms with Crippen LogP contribution in [0.2, 0.25) is 0 Å². The molecule has 3 fully saturated rings. The van der Waals surface area contributed by atoms with Crippen LogP contribution in [-0.4, -0.2) is 41.3 Å². The highest BCUT2D eigenvalue weighted by Crippen LogP contribution is 2.39. The van der Waals surface area contributed by atoms with E-state index in [-0.39, 0.29) is 5.60 Å². The Morgan fingerprint density at radius 1 is 1.23 bits per heavy atom. The fraction of sp³-hybridized carbons (Fsp3) is 0.750. The number of aromatic nitrogens is 2. The van der Waals surface area contributed by atoms with Crippen LogP contribution in [0.4, 0.5) is 11.8 Å². The summed E-state index contributed by atoms with van der Waals surface area (Å²) in [6.07, 6.45) is 6.87. The Kier molecular flexibility index (Phi) is 3.46. The molecule has 0 bridgehead atoms. The number of anilines is 2. The summed E-state index contributed by atoms with van der Waals surface area (Å²) in [6, 6.07) is 2.43. The fourth-order valence-corrected chi connectivity index (χ4v) is 4.11. The Hall–Kier alpha value is -1.40. The highest BCUT2D eigenvalue weighted by molar-refractivity contribution is 5.45. The van der Waals surface area contributed by atoms with Gasteiger partial charge in [-0.15, -0.1) is 0 Å². The Balaban J connectivity index is 1.56. The number of ether oxygens (including phenoxy) is 1. The first-order chi connectivity index (χ1) is 10.6. The zero-order chi connectivity index (χ0) is 15.2. The summed E-state index contributed by atoms with van der Waals surface area (Å²) >= 11 is 0. The van der Waals surface area contributed by atoms with Crippen LogP contribution in [-0.2, 0) is 4.74 Å². The summed E-state index contributed by atoms with van der Waals surface area (Å²) in [5.41, 5.74) is 12.9. The topological polar surface area (TPSA) is 90.3 Å². The van der Waals surface area contributed by atoms with E-state index in [0.29, 0.717) is 17.9 Å². The number of nitrogens with two attached hydrogens (primary N) is 2. The van der Waals surface area contributed by atoms with Gasteiger partial charge in [-0.1, -0.05) is 12.8 Å². The molecule has 120 valence electrons. The summed E-state index contributed by atoms with van der Waals surface area (Å²) in [5, 5.41) is 0. The van der Waals surface area contributed by atoms with Crippen LogP contribution in [0.3, 0.4) is 0 Å². The van der Waals surface area contributed by atoms with Crippen molar-refractivity contribution >= 4 is 11.8 Å². The van der Waals surface area contributed by atoms with E-state index in [1.807, 2.05) is 0 Å². The van der Waals surface area contributed by atoms with Gasteiger partial charge in [0.25, 0.3) is 0 Å². The zero-order valence-electron chi connectivity index (χ0n) is 13.0. The third-order valence-electron chi connectivity index (χ3n) is 5.43. The van der Waals surface area contributed by atoms with Gasteiger partial charge in [-0.3, -0.25) is 0 Å². The summed E-state index contributed by atoms with van der Waals surface area (Å²) in [4.78, 5) is 11.2. The van der Waals surface area contributed by atoms with Crippen molar-refractivity contribution in [3.05, 3.63) is 11.8 Å². The lowest BCUT2D eigenvalue weighted by molar-refractivity contribution is -0.0503. The molecule has 0 radical (unpaired) electrons. The first-order valence-corrected chi connectivity index (χ1v) is 8.42. The second-order valence-electron chi connectivity index (χ2n) is 7.10. The summed E-state index contributed by atoms with van der Waals surface area (Å²) in [7, 11) is 0. The Morgan fingerprint density at radius 2 is 2.00 bits per heavy atom. The third-order valence-corrected chi connectivity index (χ3v) is 5.43. The molecule has 22 heavy (non-hydrogen) atoms. The molecule has 1 aliphatic heterocycles. The van der Waals surface area contributed by atoms with Crippen LogP contribution in [0.25, 0.3) is 0 Å². The maximum Gasteiger partial charge on any atom is 0.222 e. The molecular weight excluding hydrogens is 278 g/mol. The van der Waals surface area contributed by atoms with Gasteiger partial charge in [0.15, 0.2) is 0 Å². The molecule has 2 aliphatic carbocycles. The van der Waals surface area contributed by atoms with E-state index < -0.39 is 0 Å². The smallest absolute Gasteiger partial charge is 0.222 e. The lowest BCUT2D eigenvalue weighted by Gasteiger charge is -2.41. The average molecular weight is 303 g/mol. The minimum atomic E-state index is 0.0386. The van der Waals surface area contributed by atoms with Gasteiger partial charge in [-0.2, -0.15) is 4.98 Å². The molecule has 6 nitrogen and oxygen atoms in total. The molecule has 2 saturated carbocycles. The van der Waals surface area contributed by atoms with Crippen LogP contribution >= 0.6 is 0 Å². The Labute approximate surface area is 131 Å². The summed E-state index contributed by atoms with van der Waals surface area (Å²) < 4.78 is 6.10. The van der Waals surface area contributed by atoms with E-state index >= 15 is 0 Å². The van der Waals surface area contributed by atoms with E-state index in [2.05, 4.69) is 20.9 Å². The van der Waals surface area contributed by atoms with Gasteiger partial charge in [-0.05, 0) is 25.7 Å². The maximum absolute atomic E-state index is 6.10. The predicted molar refractivity (Wildman–Crippen MR) is 85.8 cm³/mol. The average Bonchev–Trinajstić information content (AvgIpc) is 2.91. The van der Waals surface area contributed by atoms with Gasteiger partial charge in [-0.25, -0.2) is 4.98 Å². The summed E-state index contributed by atoms with van der Waals surface area (Å²) in [5.74, 6) is 1.78. The zero-order valence-corrected chi connectivity index (χ0v) is 13.0. The highest BCUT2D eigenvalue weighted by Gasteiger charge is 2.40. The number of hydrogen-bond acceptors (Lipinski definition) is 6. The van der Waals surface area contributed by atoms with Crippen LogP contribution in [0.5, 0.6) is 0 Å². The minimum absolute atomic E-state index is 0.0386.